The molecule has 0 atom stereocenters. The van der Waals surface area contributed by atoms with Gasteiger partial charge in [0.25, 0.3) is 5.91 Å². The minimum Gasteiger partial charge on any atom is -0.335 e. The Bertz CT molecular complexity index is 445. The van der Waals surface area contributed by atoms with Crippen molar-refractivity contribution in [2.45, 2.75) is 6.42 Å². The van der Waals surface area contributed by atoms with Gasteiger partial charge in [-0.25, -0.2) is 4.39 Å². The smallest absolute Gasteiger partial charge is 0.255 e. The molecule has 1 aliphatic rings. The minimum absolute atomic E-state index is 0.0197. The van der Waals surface area contributed by atoms with Gasteiger partial charge in [0.2, 0.25) is 0 Å². The molecule has 0 radical (unpaired) electrons. The summed E-state index contributed by atoms with van der Waals surface area (Å²) in [6.45, 7) is 1.38. The van der Waals surface area contributed by atoms with Gasteiger partial charge in [-0.3, -0.25) is 4.79 Å². The molecule has 1 amide bonds. The van der Waals surface area contributed by atoms with E-state index in [-0.39, 0.29) is 11.7 Å². The molecular formula is C12H11FINO. The third-order valence-corrected chi connectivity index (χ3v) is 3.40. The van der Waals surface area contributed by atoms with Crippen LogP contribution in [-0.2, 0) is 0 Å². The van der Waals surface area contributed by atoms with Crippen LogP contribution in [0.1, 0.15) is 16.8 Å². The summed E-state index contributed by atoms with van der Waals surface area (Å²) in [5, 5.41) is 0. The van der Waals surface area contributed by atoms with Crippen LogP contribution in [0.2, 0.25) is 0 Å². The molecule has 2 nitrogen and oxygen atoms in total. The van der Waals surface area contributed by atoms with Crippen molar-refractivity contribution in [1.82, 2.24) is 4.90 Å². The molecule has 0 aliphatic carbocycles. The first kappa shape index (κ1) is 11.6. The van der Waals surface area contributed by atoms with Crippen LogP contribution in [-0.4, -0.2) is 23.9 Å². The zero-order valence-electron chi connectivity index (χ0n) is 8.62. The molecule has 0 bridgehead atoms. The topological polar surface area (TPSA) is 20.3 Å². The van der Waals surface area contributed by atoms with E-state index >= 15 is 0 Å². The van der Waals surface area contributed by atoms with Crippen LogP contribution < -0.4 is 0 Å². The van der Waals surface area contributed by atoms with Crippen LogP contribution in [0.3, 0.4) is 0 Å². The van der Waals surface area contributed by atoms with Crippen molar-refractivity contribution in [3.05, 3.63) is 45.3 Å². The predicted octanol–water partition coefficient (Wildman–Crippen LogP) is 2.83. The molecule has 1 aromatic rings. The Labute approximate surface area is 107 Å². The molecule has 0 fully saturated rings. The molecule has 1 aliphatic heterocycles. The van der Waals surface area contributed by atoms with Gasteiger partial charge in [0.15, 0.2) is 0 Å². The second kappa shape index (κ2) is 4.95. The number of hydrogen-bond acceptors (Lipinski definition) is 1. The second-order valence-electron chi connectivity index (χ2n) is 3.64. The van der Waals surface area contributed by atoms with Crippen molar-refractivity contribution in [2.24, 2.45) is 0 Å². The van der Waals surface area contributed by atoms with Crippen LogP contribution in [0.15, 0.2) is 30.4 Å². The van der Waals surface area contributed by atoms with Crippen molar-refractivity contribution < 1.29 is 9.18 Å². The molecule has 1 heterocycles. The number of nitrogens with zero attached hydrogens (tertiary/aromatic N) is 1. The lowest BCUT2D eigenvalue weighted by molar-refractivity contribution is 0.0770. The third-order valence-electron chi connectivity index (χ3n) is 2.51. The van der Waals surface area contributed by atoms with Crippen molar-refractivity contribution >= 4 is 28.5 Å². The first-order chi connectivity index (χ1) is 7.68. The van der Waals surface area contributed by atoms with Crippen molar-refractivity contribution in [2.75, 3.05) is 13.1 Å². The maximum absolute atomic E-state index is 12.9. The van der Waals surface area contributed by atoms with E-state index in [0.717, 1.165) is 13.0 Å². The fourth-order valence-corrected chi connectivity index (χ4v) is 2.37. The summed E-state index contributed by atoms with van der Waals surface area (Å²) in [4.78, 5) is 13.9. The number of benzene rings is 1. The van der Waals surface area contributed by atoms with Gasteiger partial charge in [-0.2, -0.15) is 0 Å². The van der Waals surface area contributed by atoms with Gasteiger partial charge in [0, 0.05) is 16.7 Å². The quantitative estimate of drug-likeness (QED) is 0.572. The SMILES string of the molecule is O=C(c1ccc(F)cc1I)N1CC=CCC1. The predicted molar refractivity (Wildman–Crippen MR) is 68.8 cm³/mol. The first-order valence-electron chi connectivity index (χ1n) is 5.08. The van der Waals surface area contributed by atoms with E-state index in [4.69, 9.17) is 0 Å². The Morgan fingerprint density at radius 1 is 1.38 bits per heavy atom. The van der Waals surface area contributed by atoms with Gasteiger partial charge in [-0.15, -0.1) is 0 Å². The number of rotatable bonds is 1. The average Bonchev–Trinajstić information content (AvgIpc) is 2.29. The average molecular weight is 331 g/mol. The second-order valence-corrected chi connectivity index (χ2v) is 4.80. The largest absolute Gasteiger partial charge is 0.335 e. The molecular weight excluding hydrogens is 320 g/mol. The Morgan fingerprint density at radius 3 is 2.81 bits per heavy atom. The number of hydrogen-bond donors (Lipinski definition) is 0. The molecule has 4 heteroatoms. The van der Waals surface area contributed by atoms with Crippen LogP contribution in [0.5, 0.6) is 0 Å². The highest BCUT2D eigenvalue weighted by molar-refractivity contribution is 14.1. The van der Waals surface area contributed by atoms with Crippen molar-refractivity contribution in [3.8, 4) is 0 Å². The molecule has 0 saturated carbocycles. The number of halogens is 2. The Morgan fingerprint density at radius 2 is 2.19 bits per heavy atom. The maximum atomic E-state index is 12.9. The van der Waals surface area contributed by atoms with Crippen LogP contribution in [0.4, 0.5) is 4.39 Å². The van der Waals surface area contributed by atoms with Crippen LogP contribution in [0.25, 0.3) is 0 Å². The van der Waals surface area contributed by atoms with Gasteiger partial charge in [0.05, 0.1) is 5.56 Å². The Hall–Kier alpha value is -0.910. The summed E-state index contributed by atoms with van der Waals surface area (Å²) in [5.74, 6) is -0.326. The summed E-state index contributed by atoms with van der Waals surface area (Å²) in [5.41, 5.74) is 0.581. The molecule has 1 aromatic carbocycles. The molecule has 0 saturated heterocycles. The van der Waals surface area contributed by atoms with Crippen LogP contribution >= 0.6 is 22.6 Å². The zero-order valence-corrected chi connectivity index (χ0v) is 10.8. The summed E-state index contributed by atoms with van der Waals surface area (Å²) in [7, 11) is 0. The fourth-order valence-electron chi connectivity index (χ4n) is 1.66. The van der Waals surface area contributed by atoms with Crippen molar-refractivity contribution in [1.29, 1.82) is 0 Å². The highest BCUT2D eigenvalue weighted by Gasteiger charge is 2.18. The Balaban J connectivity index is 2.23. The molecule has 84 valence electrons. The highest BCUT2D eigenvalue weighted by atomic mass is 127. The lowest BCUT2D eigenvalue weighted by atomic mass is 10.1. The normalized spacial score (nSPS) is 15.2. The van der Waals surface area contributed by atoms with E-state index in [1.807, 2.05) is 28.7 Å². The van der Waals surface area contributed by atoms with Gasteiger partial charge >= 0.3 is 0 Å². The summed E-state index contributed by atoms with van der Waals surface area (Å²) < 4.78 is 13.6. The fraction of sp³-hybridized carbons (Fsp3) is 0.250. The number of carbonyl (C=O) groups excluding carboxylic acids is 1. The summed E-state index contributed by atoms with van der Waals surface area (Å²) in [6, 6.07) is 4.26. The molecule has 0 aromatic heterocycles. The number of carbonyl (C=O) groups is 1. The molecule has 0 unspecified atom stereocenters. The van der Waals surface area contributed by atoms with Gasteiger partial charge in [-0.05, 0) is 47.2 Å². The zero-order chi connectivity index (χ0) is 11.5. The highest BCUT2D eigenvalue weighted by Crippen LogP contribution is 2.17. The van der Waals surface area contributed by atoms with E-state index < -0.39 is 0 Å². The summed E-state index contributed by atoms with van der Waals surface area (Å²) >= 11 is 1.99. The molecule has 0 spiro atoms. The monoisotopic (exact) mass is 331 g/mol. The maximum Gasteiger partial charge on any atom is 0.255 e. The number of amides is 1. The standard InChI is InChI=1S/C12H11FINO/c13-9-4-5-10(11(14)8-9)12(16)15-6-2-1-3-7-15/h1-2,4-5,8H,3,6-7H2. The Kier molecular flexibility index (Phi) is 3.58. The van der Waals surface area contributed by atoms with E-state index in [1.165, 1.54) is 12.1 Å². The van der Waals surface area contributed by atoms with E-state index in [0.29, 0.717) is 15.7 Å². The van der Waals surface area contributed by atoms with E-state index in [2.05, 4.69) is 6.08 Å². The van der Waals surface area contributed by atoms with Gasteiger partial charge < -0.3 is 4.90 Å². The first-order valence-corrected chi connectivity index (χ1v) is 6.15. The molecule has 0 N–H and O–H groups in total. The van der Waals surface area contributed by atoms with E-state index in [9.17, 15) is 9.18 Å². The van der Waals surface area contributed by atoms with Crippen LogP contribution in [0, 0.1) is 9.39 Å². The molecule has 2 rings (SSSR count). The van der Waals surface area contributed by atoms with Crippen molar-refractivity contribution in [3.63, 3.8) is 0 Å². The van der Waals surface area contributed by atoms with Gasteiger partial charge in [-0.1, -0.05) is 12.2 Å². The molecule has 16 heavy (non-hydrogen) atoms. The minimum atomic E-state index is -0.306. The summed E-state index contributed by atoms with van der Waals surface area (Å²) in [6.07, 6.45) is 4.95. The lowest BCUT2D eigenvalue weighted by Crippen LogP contribution is -2.34. The third kappa shape index (κ3) is 2.42. The van der Waals surface area contributed by atoms with Gasteiger partial charge in [0.1, 0.15) is 5.82 Å². The lowest BCUT2D eigenvalue weighted by Gasteiger charge is -2.23. The van der Waals surface area contributed by atoms with E-state index in [1.54, 1.807) is 11.0 Å².